The summed E-state index contributed by atoms with van der Waals surface area (Å²) in [5.74, 6) is -0.0537. The molecule has 0 spiro atoms. The smallest absolute Gasteiger partial charge is 0.299 e. The van der Waals surface area contributed by atoms with E-state index >= 15 is 0 Å². The predicted octanol–water partition coefficient (Wildman–Crippen LogP) is 7.40. The molecule has 1 aliphatic rings. The SMILES string of the molecule is FC(F)(F)c1ccc(Br)cc1.O=C1CCCCC1c1ccc(C(F)(F)F)cc1. The van der Waals surface area contributed by atoms with Crippen LogP contribution in [-0.4, -0.2) is 5.78 Å². The molecule has 1 unspecified atom stereocenters. The Labute approximate surface area is 166 Å². The summed E-state index contributed by atoms with van der Waals surface area (Å²) < 4.78 is 73.5. The molecular formula is C20H17BrF6O. The molecule has 0 bridgehead atoms. The number of Topliss-reactive ketones (excluding diaryl/α,β-unsaturated/α-hetero) is 1. The monoisotopic (exact) mass is 466 g/mol. The molecule has 2 aromatic rings. The van der Waals surface area contributed by atoms with Crippen molar-refractivity contribution in [3.05, 3.63) is 69.7 Å². The van der Waals surface area contributed by atoms with Crippen LogP contribution in [0.5, 0.6) is 0 Å². The van der Waals surface area contributed by atoms with E-state index in [9.17, 15) is 31.1 Å². The third-order valence-corrected chi connectivity index (χ3v) is 4.90. The molecule has 2 aromatic carbocycles. The summed E-state index contributed by atoms with van der Waals surface area (Å²) in [6.07, 6.45) is -5.38. The van der Waals surface area contributed by atoms with E-state index in [2.05, 4.69) is 15.9 Å². The first-order valence-electron chi connectivity index (χ1n) is 8.51. The number of hydrogen-bond acceptors (Lipinski definition) is 1. The lowest BCUT2D eigenvalue weighted by Crippen LogP contribution is -2.17. The predicted molar refractivity (Wildman–Crippen MR) is 96.8 cm³/mol. The zero-order valence-electron chi connectivity index (χ0n) is 14.6. The summed E-state index contributed by atoms with van der Waals surface area (Å²) in [5, 5.41) is 0. The maximum atomic E-state index is 12.4. The van der Waals surface area contributed by atoms with Crippen LogP contribution >= 0.6 is 15.9 Å². The van der Waals surface area contributed by atoms with E-state index < -0.39 is 23.5 Å². The summed E-state index contributed by atoms with van der Waals surface area (Å²) >= 11 is 3.04. The molecule has 0 aromatic heterocycles. The van der Waals surface area contributed by atoms with E-state index in [0.29, 0.717) is 16.5 Å². The fraction of sp³-hybridized carbons (Fsp3) is 0.350. The van der Waals surface area contributed by atoms with Crippen LogP contribution in [-0.2, 0) is 17.1 Å². The Morgan fingerprint density at radius 2 is 1.21 bits per heavy atom. The highest BCUT2D eigenvalue weighted by atomic mass is 79.9. The second kappa shape index (κ2) is 9.11. The fourth-order valence-electron chi connectivity index (χ4n) is 2.88. The van der Waals surface area contributed by atoms with Gasteiger partial charge in [0.25, 0.3) is 0 Å². The van der Waals surface area contributed by atoms with E-state index in [-0.39, 0.29) is 11.7 Å². The molecule has 152 valence electrons. The minimum Gasteiger partial charge on any atom is -0.299 e. The minimum absolute atomic E-state index is 0.149. The molecule has 1 nitrogen and oxygen atoms in total. The Kier molecular flexibility index (Phi) is 7.31. The van der Waals surface area contributed by atoms with Crippen LogP contribution in [0.1, 0.15) is 48.3 Å². The highest BCUT2D eigenvalue weighted by molar-refractivity contribution is 9.10. The van der Waals surface area contributed by atoms with E-state index in [1.165, 1.54) is 24.3 Å². The third-order valence-electron chi connectivity index (χ3n) is 4.37. The van der Waals surface area contributed by atoms with Crippen LogP contribution < -0.4 is 0 Å². The summed E-state index contributed by atoms with van der Waals surface area (Å²) in [4.78, 5) is 11.7. The number of carbonyl (C=O) groups excluding carboxylic acids is 1. The van der Waals surface area contributed by atoms with Crippen molar-refractivity contribution in [1.29, 1.82) is 0 Å². The summed E-state index contributed by atoms with van der Waals surface area (Å²) in [5.41, 5.74) is -0.576. The molecule has 1 saturated carbocycles. The van der Waals surface area contributed by atoms with Gasteiger partial charge < -0.3 is 0 Å². The minimum atomic E-state index is -4.31. The maximum Gasteiger partial charge on any atom is 0.416 e. The van der Waals surface area contributed by atoms with Gasteiger partial charge in [-0.05, 0) is 54.8 Å². The Morgan fingerprint density at radius 1 is 0.750 bits per heavy atom. The molecular weight excluding hydrogens is 450 g/mol. The van der Waals surface area contributed by atoms with Crippen molar-refractivity contribution in [1.82, 2.24) is 0 Å². The third kappa shape index (κ3) is 6.36. The first-order valence-corrected chi connectivity index (χ1v) is 9.30. The fourth-order valence-corrected chi connectivity index (χ4v) is 3.14. The molecule has 0 radical (unpaired) electrons. The average molecular weight is 467 g/mol. The lowest BCUT2D eigenvalue weighted by atomic mass is 9.83. The van der Waals surface area contributed by atoms with E-state index in [0.717, 1.165) is 43.5 Å². The number of hydrogen-bond donors (Lipinski definition) is 0. The molecule has 1 atom stereocenters. The van der Waals surface area contributed by atoms with Crippen LogP contribution in [0.2, 0.25) is 0 Å². The summed E-state index contributed by atoms with van der Waals surface area (Å²) in [7, 11) is 0. The van der Waals surface area contributed by atoms with Gasteiger partial charge in [0.1, 0.15) is 5.78 Å². The van der Waals surface area contributed by atoms with Gasteiger partial charge in [0.2, 0.25) is 0 Å². The number of ketones is 1. The second-order valence-corrected chi connectivity index (χ2v) is 7.30. The van der Waals surface area contributed by atoms with Crippen molar-refractivity contribution in [2.24, 2.45) is 0 Å². The zero-order valence-corrected chi connectivity index (χ0v) is 16.2. The average Bonchev–Trinajstić information content (AvgIpc) is 2.62. The van der Waals surface area contributed by atoms with Crippen molar-refractivity contribution < 1.29 is 31.1 Å². The lowest BCUT2D eigenvalue weighted by Gasteiger charge is -2.21. The molecule has 8 heteroatoms. The molecule has 1 aliphatic carbocycles. The molecule has 1 fully saturated rings. The van der Waals surface area contributed by atoms with E-state index in [4.69, 9.17) is 0 Å². The first-order chi connectivity index (χ1) is 13.0. The number of benzene rings is 2. The largest absolute Gasteiger partial charge is 0.416 e. The Balaban J connectivity index is 0.000000221. The van der Waals surface area contributed by atoms with Crippen molar-refractivity contribution in [2.45, 2.75) is 44.0 Å². The normalized spacial score (nSPS) is 17.7. The van der Waals surface area contributed by atoms with Crippen molar-refractivity contribution in [2.75, 3.05) is 0 Å². The molecule has 28 heavy (non-hydrogen) atoms. The van der Waals surface area contributed by atoms with Crippen molar-refractivity contribution in [3.63, 3.8) is 0 Å². The standard InChI is InChI=1S/C13H13F3O.C7H4BrF3/c14-13(15,16)10-7-5-9(6-8-10)11-3-1-2-4-12(11)17;8-6-3-1-5(2-4-6)7(9,10)11/h5-8,11H,1-4H2;1-4H. The number of alkyl halides is 6. The summed E-state index contributed by atoms with van der Waals surface area (Å²) in [6, 6.07) is 9.75. The Morgan fingerprint density at radius 3 is 1.64 bits per heavy atom. The number of halogens is 7. The Bertz CT molecular complexity index is 778. The van der Waals surface area contributed by atoms with E-state index in [1.807, 2.05) is 0 Å². The quantitative estimate of drug-likeness (QED) is 0.400. The lowest BCUT2D eigenvalue weighted by molar-refractivity contribution is -0.138. The maximum absolute atomic E-state index is 12.4. The van der Waals surface area contributed by atoms with Gasteiger partial charge in [-0.1, -0.05) is 34.5 Å². The highest BCUT2D eigenvalue weighted by Crippen LogP contribution is 2.33. The van der Waals surface area contributed by atoms with Gasteiger partial charge >= 0.3 is 12.4 Å². The Hall–Kier alpha value is -1.83. The topological polar surface area (TPSA) is 17.1 Å². The van der Waals surface area contributed by atoms with Crippen LogP contribution in [0.3, 0.4) is 0 Å². The van der Waals surface area contributed by atoms with Gasteiger partial charge in [-0.3, -0.25) is 4.79 Å². The van der Waals surface area contributed by atoms with Gasteiger partial charge in [0, 0.05) is 16.8 Å². The first kappa shape index (κ1) is 22.5. The van der Waals surface area contributed by atoms with Crippen LogP contribution in [0, 0.1) is 0 Å². The summed E-state index contributed by atoms with van der Waals surface area (Å²) in [6.45, 7) is 0. The molecule has 3 rings (SSSR count). The van der Waals surface area contributed by atoms with E-state index in [1.54, 1.807) is 0 Å². The van der Waals surface area contributed by atoms with Crippen molar-refractivity contribution >= 4 is 21.7 Å². The van der Waals surface area contributed by atoms with Gasteiger partial charge in [0.05, 0.1) is 11.1 Å². The number of carbonyl (C=O) groups is 1. The van der Waals surface area contributed by atoms with Gasteiger partial charge in [-0.2, -0.15) is 26.3 Å². The molecule has 0 N–H and O–H groups in total. The number of rotatable bonds is 1. The molecule has 0 amide bonds. The zero-order chi connectivity index (χ0) is 20.9. The van der Waals surface area contributed by atoms with Crippen LogP contribution in [0.25, 0.3) is 0 Å². The van der Waals surface area contributed by atoms with Gasteiger partial charge in [0.15, 0.2) is 0 Å². The molecule has 0 aliphatic heterocycles. The van der Waals surface area contributed by atoms with Gasteiger partial charge in [-0.25, -0.2) is 0 Å². The van der Waals surface area contributed by atoms with Gasteiger partial charge in [-0.15, -0.1) is 0 Å². The highest BCUT2D eigenvalue weighted by Gasteiger charge is 2.31. The van der Waals surface area contributed by atoms with Crippen LogP contribution in [0.15, 0.2) is 53.0 Å². The second-order valence-electron chi connectivity index (χ2n) is 6.39. The molecule has 0 saturated heterocycles. The molecule has 0 heterocycles. The van der Waals surface area contributed by atoms with Crippen molar-refractivity contribution in [3.8, 4) is 0 Å². The van der Waals surface area contributed by atoms with Crippen LogP contribution in [0.4, 0.5) is 26.3 Å².